The van der Waals surface area contributed by atoms with Crippen LogP contribution in [0.1, 0.15) is 39.2 Å². The Morgan fingerprint density at radius 1 is 1.16 bits per heavy atom. The predicted octanol–water partition coefficient (Wildman–Crippen LogP) is 3.35. The van der Waals surface area contributed by atoms with Crippen LogP contribution in [0.15, 0.2) is 18.2 Å². The van der Waals surface area contributed by atoms with Crippen LogP contribution in [-0.2, 0) is 5.60 Å². The quantitative estimate of drug-likeness (QED) is 0.910. The summed E-state index contributed by atoms with van der Waals surface area (Å²) in [5.74, 6) is 1.57. The number of hydrogen-bond donors (Lipinski definition) is 1. The van der Waals surface area contributed by atoms with Crippen LogP contribution in [-0.4, -0.2) is 19.3 Å². The molecule has 0 spiro atoms. The van der Waals surface area contributed by atoms with Gasteiger partial charge in [-0.1, -0.05) is 26.8 Å². The van der Waals surface area contributed by atoms with Gasteiger partial charge < -0.3 is 14.6 Å². The summed E-state index contributed by atoms with van der Waals surface area (Å²) in [4.78, 5) is 0. The molecule has 2 atom stereocenters. The highest BCUT2D eigenvalue weighted by molar-refractivity contribution is 5.49. The minimum atomic E-state index is -0.887. The van der Waals surface area contributed by atoms with Crippen molar-refractivity contribution in [2.45, 2.75) is 39.2 Å². The molecule has 3 nitrogen and oxygen atoms in total. The van der Waals surface area contributed by atoms with Crippen molar-refractivity contribution in [2.24, 2.45) is 11.3 Å². The standard InChI is InChI=1S/C16H24O3/c1-11-9-15(2,3)10-16(11,17)14-12(18-4)7-6-8-13(14)19-5/h6-8,11,17H,9-10H2,1-5H3. The van der Waals surface area contributed by atoms with Crippen LogP contribution >= 0.6 is 0 Å². The van der Waals surface area contributed by atoms with Crippen molar-refractivity contribution >= 4 is 0 Å². The van der Waals surface area contributed by atoms with E-state index >= 15 is 0 Å². The molecule has 1 saturated carbocycles. The van der Waals surface area contributed by atoms with E-state index in [0.717, 1.165) is 18.4 Å². The molecule has 1 aliphatic carbocycles. The van der Waals surface area contributed by atoms with E-state index in [1.165, 1.54) is 0 Å². The second-order valence-corrected chi connectivity index (χ2v) is 6.41. The monoisotopic (exact) mass is 264 g/mol. The van der Waals surface area contributed by atoms with Gasteiger partial charge in [0.15, 0.2) is 0 Å². The van der Waals surface area contributed by atoms with Crippen molar-refractivity contribution in [3.63, 3.8) is 0 Å². The minimum absolute atomic E-state index is 0.125. The summed E-state index contributed by atoms with van der Waals surface area (Å²) in [5.41, 5.74) is 0.0275. The fraction of sp³-hybridized carbons (Fsp3) is 0.625. The fourth-order valence-corrected chi connectivity index (χ4v) is 3.59. The highest BCUT2D eigenvalue weighted by Gasteiger charge is 2.51. The van der Waals surface area contributed by atoms with Gasteiger partial charge in [0.25, 0.3) is 0 Å². The lowest BCUT2D eigenvalue weighted by Crippen LogP contribution is -2.30. The average molecular weight is 264 g/mol. The third kappa shape index (κ3) is 2.32. The van der Waals surface area contributed by atoms with E-state index in [-0.39, 0.29) is 11.3 Å². The molecule has 0 aliphatic heterocycles. The van der Waals surface area contributed by atoms with E-state index in [1.807, 2.05) is 18.2 Å². The number of benzene rings is 1. The Bertz CT molecular complexity index is 445. The highest BCUT2D eigenvalue weighted by Crippen LogP contribution is 2.56. The maximum Gasteiger partial charge on any atom is 0.128 e. The maximum atomic E-state index is 11.2. The zero-order valence-corrected chi connectivity index (χ0v) is 12.5. The molecule has 2 unspecified atom stereocenters. The largest absolute Gasteiger partial charge is 0.496 e. The average Bonchev–Trinajstić information content (AvgIpc) is 2.57. The van der Waals surface area contributed by atoms with Crippen molar-refractivity contribution in [1.29, 1.82) is 0 Å². The molecule has 1 N–H and O–H groups in total. The summed E-state index contributed by atoms with van der Waals surface area (Å²) in [7, 11) is 3.26. The molecule has 0 bridgehead atoms. The van der Waals surface area contributed by atoms with Gasteiger partial charge in [-0.15, -0.1) is 0 Å². The van der Waals surface area contributed by atoms with Crippen molar-refractivity contribution in [1.82, 2.24) is 0 Å². The first-order valence-electron chi connectivity index (χ1n) is 6.78. The number of aliphatic hydroxyl groups is 1. The summed E-state index contributed by atoms with van der Waals surface area (Å²) in [6.45, 7) is 6.49. The van der Waals surface area contributed by atoms with Gasteiger partial charge in [-0.3, -0.25) is 0 Å². The first-order valence-corrected chi connectivity index (χ1v) is 6.78. The smallest absolute Gasteiger partial charge is 0.128 e. The van der Waals surface area contributed by atoms with Gasteiger partial charge >= 0.3 is 0 Å². The van der Waals surface area contributed by atoms with E-state index in [2.05, 4.69) is 20.8 Å². The predicted molar refractivity (Wildman–Crippen MR) is 75.6 cm³/mol. The Morgan fingerprint density at radius 2 is 1.68 bits per heavy atom. The Balaban J connectivity index is 2.57. The van der Waals surface area contributed by atoms with E-state index in [9.17, 15) is 5.11 Å². The van der Waals surface area contributed by atoms with Crippen molar-refractivity contribution in [2.75, 3.05) is 14.2 Å². The van der Waals surface area contributed by atoms with Gasteiger partial charge in [0.05, 0.1) is 25.4 Å². The topological polar surface area (TPSA) is 38.7 Å². The van der Waals surface area contributed by atoms with Crippen LogP contribution in [0.4, 0.5) is 0 Å². The lowest BCUT2D eigenvalue weighted by Gasteiger charge is -2.31. The van der Waals surface area contributed by atoms with Crippen molar-refractivity contribution < 1.29 is 14.6 Å². The zero-order chi connectivity index (χ0) is 14.3. The van der Waals surface area contributed by atoms with Crippen LogP contribution in [0.2, 0.25) is 0 Å². The first kappa shape index (κ1) is 14.2. The van der Waals surface area contributed by atoms with E-state index in [1.54, 1.807) is 14.2 Å². The molecule has 2 rings (SSSR count). The van der Waals surface area contributed by atoms with Crippen LogP contribution in [0.3, 0.4) is 0 Å². The lowest BCUT2D eigenvalue weighted by atomic mass is 9.82. The molecule has 106 valence electrons. The van der Waals surface area contributed by atoms with Gasteiger partial charge in [0.2, 0.25) is 0 Å². The molecule has 19 heavy (non-hydrogen) atoms. The Kier molecular flexibility index (Phi) is 3.52. The molecule has 1 aromatic carbocycles. The molecular formula is C16H24O3. The summed E-state index contributed by atoms with van der Waals surface area (Å²) in [6.07, 6.45) is 1.71. The first-order chi connectivity index (χ1) is 8.84. The molecule has 3 heteroatoms. The SMILES string of the molecule is COc1cccc(OC)c1C1(O)CC(C)(C)CC1C. The summed E-state index contributed by atoms with van der Waals surface area (Å²) in [5, 5.41) is 11.2. The van der Waals surface area contributed by atoms with Crippen LogP contribution < -0.4 is 9.47 Å². The third-order valence-electron chi connectivity index (χ3n) is 4.28. The molecule has 1 fully saturated rings. The van der Waals surface area contributed by atoms with E-state index in [0.29, 0.717) is 11.5 Å². The van der Waals surface area contributed by atoms with Gasteiger partial charge in [0, 0.05) is 0 Å². The summed E-state index contributed by atoms with van der Waals surface area (Å²) >= 11 is 0. The molecule has 0 aromatic heterocycles. The lowest BCUT2D eigenvalue weighted by molar-refractivity contribution is -0.00491. The molecule has 1 aromatic rings. The summed E-state index contributed by atoms with van der Waals surface area (Å²) < 4.78 is 10.9. The van der Waals surface area contributed by atoms with Gasteiger partial charge in [0.1, 0.15) is 11.5 Å². The third-order valence-corrected chi connectivity index (χ3v) is 4.28. The second kappa shape index (κ2) is 4.71. The van der Waals surface area contributed by atoms with Crippen LogP contribution in [0, 0.1) is 11.3 Å². The van der Waals surface area contributed by atoms with E-state index in [4.69, 9.17) is 9.47 Å². The molecular weight excluding hydrogens is 240 g/mol. The van der Waals surface area contributed by atoms with Gasteiger partial charge in [-0.05, 0) is 36.3 Å². The number of ether oxygens (including phenoxy) is 2. The van der Waals surface area contributed by atoms with E-state index < -0.39 is 5.60 Å². The molecule has 0 saturated heterocycles. The van der Waals surface area contributed by atoms with Crippen molar-refractivity contribution in [3.05, 3.63) is 23.8 Å². The van der Waals surface area contributed by atoms with Crippen molar-refractivity contribution in [3.8, 4) is 11.5 Å². The second-order valence-electron chi connectivity index (χ2n) is 6.41. The van der Waals surface area contributed by atoms with Gasteiger partial charge in [-0.2, -0.15) is 0 Å². The summed E-state index contributed by atoms with van der Waals surface area (Å²) in [6, 6.07) is 5.65. The van der Waals surface area contributed by atoms with Crippen LogP contribution in [0.25, 0.3) is 0 Å². The molecule has 0 radical (unpaired) electrons. The molecule has 0 heterocycles. The Hall–Kier alpha value is -1.22. The molecule has 0 amide bonds. The van der Waals surface area contributed by atoms with Crippen LogP contribution in [0.5, 0.6) is 11.5 Å². The molecule has 1 aliphatic rings. The minimum Gasteiger partial charge on any atom is -0.496 e. The fourth-order valence-electron chi connectivity index (χ4n) is 3.59. The normalized spacial score (nSPS) is 29.3. The Morgan fingerprint density at radius 3 is 2.05 bits per heavy atom. The number of methoxy groups -OCH3 is 2. The number of hydrogen-bond acceptors (Lipinski definition) is 3. The Labute approximate surface area is 115 Å². The highest BCUT2D eigenvalue weighted by atomic mass is 16.5. The maximum absolute atomic E-state index is 11.2. The van der Waals surface area contributed by atoms with Gasteiger partial charge in [-0.25, -0.2) is 0 Å². The zero-order valence-electron chi connectivity index (χ0n) is 12.5. The number of rotatable bonds is 3.